The van der Waals surface area contributed by atoms with Crippen LogP contribution < -0.4 is 10.7 Å². The molecule has 0 spiro atoms. The largest absolute Gasteiger partial charge is 0.550 e. The number of hydrogen-bond donors (Lipinski definition) is 0. The van der Waals surface area contributed by atoms with Gasteiger partial charge < -0.3 is 18.7 Å². The normalized spacial score (nSPS) is 11.4. The summed E-state index contributed by atoms with van der Waals surface area (Å²) in [5.74, 6) is -0.363. The first-order chi connectivity index (χ1) is 10.4. The van der Waals surface area contributed by atoms with Crippen molar-refractivity contribution >= 4 is 27.9 Å². The van der Waals surface area contributed by atoms with E-state index in [1.807, 2.05) is 19.9 Å². The third kappa shape index (κ3) is 2.19. The summed E-state index contributed by atoms with van der Waals surface area (Å²) in [6, 6.07) is 3.64. The van der Waals surface area contributed by atoms with E-state index in [2.05, 4.69) is 0 Å². The minimum absolute atomic E-state index is 0.105. The van der Waals surface area contributed by atoms with E-state index in [0.29, 0.717) is 16.7 Å². The number of fused-ring (bicyclic) bond motifs is 2. The first-order valence-electron chi connectivity index (χ1n) is 7.04. The summed E-state index contributed by atoms with van der Waals surface area (Å²) in [5.41, 5.74) is 2.78. The lowest BCUT2D eigenvalue weighted by molar-refractivity contribution is -0.305. The molecular weight excluding hydrogens is 284 g/mol. The minimum atomic E-state index is -1.18. The van der Waals surface area contributed by atoms with Crippen LogP contribution in [0.3, 0.4) is 0 Å². The van der Waals surface area contributed by atoms with Crippen molar-refractivity contribution in [3.05, 3.63) is 45.0 Å². The number of furan rings is 1. The fourth-order valence-electron chi connectivity index (χ4n) is 2.74. The maximum atomic E-state index is 12.1. The van der Waals surface area contributed by atoms with Crippen LogP contribution in [-0.2, 0) is 11.2 Å². The minimum Gasteiger partial charge on any atom is -0.550 e. The highest BCUT2D eigenvalue weighted by Gasteiger charge is 2.15. The van der Waals surface area contributed by atoms with Gasteiger partial charge >= 0.3 is 5.63 Å². The summed E-state index contributed by atoms with van der Waals surface area (Å²) in [6.07, 6.45) is -0.100. The molecule has 5 nitrogen and oxygen atoms in total. The van der Waals surface area contributed by atoms with Crippen molar-refractivity contribution in [3.8, 4) is 0 Å². The van der Waals surface area contributed by atoms with Gasteiger partial charge in [0.1, 0.15) is 16.9 Å². The Labute approximate surface area is 126 Å². The zero-order valence-corrected chi connectivity index (χ0v) is 12.6. The Hall–Kier alpha value is -2.56. The molecule has 0 unspecified atom stereocenters. The van der Waals surface area contributed by atoms with Gasteiger partial charge in [-0.05, 0) is 50.8 Å². The SMILES string of the molecule is Cc1oc2cc3oc(=O)c(CCC(=O)[O-])c(C)c3cc2c1C. The highest BCUT2D eigenvalue weighted by molar-refractivity contribution is 5.96. The molecule has 3 rings (SSSR count). The molecule has 3 aromatic rings. The molecule has 5 heteroatoms. The second kappa shape index (κ2) is 5.02. The molecule has 0 aliphatic rings. The van der Waals surface area contributed by atoms with Gasteiger partial charge in [0.05, 0.1) is 0 Å². The van der Waals surface area contributed by atoms with E-state index in [1.165, 1.54) is 0 Å². The number of aliphatic carboxylic acids is 1. The van der Waals surface area contributed by atoms with E-state index >= 15 is 0 Å². The van der Waals surface area contributed by atoms with Crippen LogP contribution in [0, 0.1) is 20.8 Å². The average Bonchev–Trinajstić information content (AvgIpc) is 2.71. The maximum absolute atomic E-state index is 12.1. The number of aryl methyl sites for hydroxylation is 3. The molecule has 0 saturated heterocycles. The number of carbonyl (C=O) groups is 1. The van der Waals surface area contributed by atoms with Crippen molar-refractivity contribution in [2.24, 2.45) is 0 Å². The van der Waals surface area contributed by atoms with Crippen LogP contribution in [0.25, 0.3) is 21.9 Å². The van der Waals surface area contributed by atoms with Crippen LogP contribution in [-0.4, -0.2) is 5.97 Å². The van der Waals surface area contributed by atoms with Crippen molar-refractivity contribution in [3.63, 3.8) is 0 Å². The predicted octanol–water partition coefficient (Wildman–Crippen LogP) is 2.15. The van der Waals surface area contributed by atoms with Crippen molar-refractivity contribution in [2.45, 2.75) is 33.6 Å². The fourth-order valence-corrected chi connectivity index (χ4v) is 2.74. The Bertz CT molecular complexity index is 959. The Morgan fingerprint density at radius 3 is 2.36 bits per heavy atom. The van der Waals surface area contributed by atoms with Crippen LogP contribution >= 0.6 is 0 Å². The van der Waals surface area contributed by atoms with Gasteiger partial charge in [0.2, 0.25) is 0 Å². The molecule has 114 valence electrons. The fraction of sp³-hybridized carbons (Fsp3) is 0.294. The Morgan fingerprint density at radius 2 is 1.68 bits per heavy atom. The third-order valence-electron chi connectivity index (χ3n) is 4.16. The van der Waals surface area contributed by atoms with Crippen LogP contribution in [0.4, 0.5) is 0 Å². The molecule has 0 saturated carbocycles. The first kappa shape index (κ1) is 14.4. The van der Waals surface area contributed by atoms with E-state index in [1.54, 1.807) is 13.0 Å². The second-order valence-corrected chi connectivity index (χ2v) is 5.49. The Morgan fingerprint density at radius 1 is 1.05 bits per heavy atom. The summed E-state index contributed by atoms with van der Waals surface area (Å²) in [5, 5.41) is 12.4. The second-order valence-electron chi connectivity index (χ2n) is 5.49. The number of benzene rings is 1. The van der Waals surface area contributed by atoms with E-state index in [-0.39, 0.29) is 12.8 Å². The number of hydrogen-bond acceptors (Lipinski definition) is 5. The lowest BCUT2D eigenvalue weighted by Crippen LogP contribution is -2.24. The summed E-state index contributed by atoms with van der Waals surface area (Å²) in [7, 11) is 0. The molecular formula is C17H15O5-. The Balaban J connectivity index is 2.28. The molecule has 0 N–H and O–H groups in total. The lowest BCUT2D eigenvalue weighted by atomic mass is 10.0. The molecule has 0 bridgehead atoms. The number of carboxylic acids is 1. The van der Waals surface area contributed by atoms with Gasteiger partial charge in [-0.15, -0.1) is 0 Å². The van der Waals surface area contributed by atoms with Gasteiger partial charge in [-0.2, -0.15) is 0 Å². The molecule has 1 aromatic carbocycles. The van der Waals surface area contributed by atoms with Gasteiger partial charge in [-0.25, -0.2) is 4.79 Å². The summed E-state index contributed by atoms with van der Waals surface area (Å²) in [4.78, 5) is 22.7. The van der Waals surface area contributed by atoms with Crippen LogP contribution in [0.1, 0.15) is 28.9 Å². The number of carboxylic acid groups (broad SMARTS) is 1. The maximum Gasteiger partial charge on any atom is 0.339 e. The molecule has 22 heavy (non-hydrogen) atoms. The predicted molar refractivity (Wildman–Crippen MR) is 79.8 cm³/mol. The van der Waals surface area contributed by atoms with Gasteiger partial charge in [0.25, 0.3) is 0 Å². The Kier molecular flexibility index (Phi) is 3.28. The monoisotopic (exact) mass is 299 g/mol. The van der Waals surface area contributed by atoms with Crippen molar-refractivity contribution in [1.29, 1.82) is 0 Å². The molecule has 0 aliphatic heterocycles. The van der Waals surface area contributed by atoms with E-state index < -0.39 is 11.6 Å². The first-order valence-corrected chi connectivity index (χ1v) is 7.04. The van der Waals surface area contributed by atoms with E-state index in [9.17, 15) is 14.7 Å². The topological polar surface area (TPSA) is 83.5 Å². The molecule has 0 aliphatic carbocycles. The molecule has 0 fully saturated rings. The summed E-state index contributed by atoms with van der Waals surface area (Å²) < 4.78 is 11.0. The molecule has 2 aromatic heterocycles. The van der Waals surface area contributed by atoms with E-state index in [4.69, 9.17) is 8.83 Å². The zero-order chi connectivity index (χ0) is 16.0. The van der Waals surface area contributed by atoms with Gasteiger partial charge in [0.15, 0.2) is 0 Å². The molecule has 0 amide bonds. The third-order valence-corrected chi connectivity index (χ3v) is 4.16. The van der Waals surface area contributed by atoms with Gasteiger partial charge in [-0.1, -0.05) is 0 Å². The highest BCUT2D eigenvalue weighted by atomic mass is 16.4. The molecule has 0 radical (unpaired) electrons. The molecule has 0 atom stereocenters. The smallest absolute Gasteiger partial charge is 0.339 e. The van der Waals surface area contributed by atoms with E-state index in [0.717, 1.165) is 27.7 Å². The summed E-state index contributed by atoms with van der Waals surface area (Å²) >= 11 is 0. The highest BCUT2D eigenvalue weighted by Crippen LogP contribution is 2.31. The van der Waals surface area contributed by atoms with Crippen LogP contribution in [0.5, 0.6) is 0 Å². The van der Waals surface area contributed by atoms with Crippen molar-refractivity contribution < 1.29 is 18.7 Å². The van der Waals surface area contributed by atoms with Gasteiger partial charge in [-0.3, -0.25) is 0 Å². The van der Waals surface area contributed by atoms with Crippen molar-refractivity contribution in [2.75, 3.05) is 0 Å². The zero-order valence-electron chi connectivity index (χ0n) is 12.6. The number of rotatable bonds is 3. The summed E-state index contributed by atoms with van der Waals surface area (Å²) in [6.45, 7) is 5.66. The van der Waals surface area contributed by atoms with Crippen LogP contribution in [0.15, 0.2) is 25.8 Å². The lowest BCUT2D eigenvalue weighted by Gasteiger charge is -2.08. The van der Waals surface area contributed by atoms with Crippen LogP contribution in [0.2, 0.25) is 0 Å². The average molecular weight is 299 g/mol. The van der Waals surface area contributed by atoms with Gasteiger partial charge in [0, 0.05) is 28.4 Å². The van der Waals surface area contributed by atoms with Crippen molar-refractivity contribution in [1.82, 2.24) is 0 Å². The quantitative estimate of drug-likeness (QED) is 0.692. The number of carbonyl (C=O) groups excluding carboxylic acids is 1. The standard InChI is InChI=1S/C17H16O5/c1-8-10(3)21-14-7-15-13(6-12(8)14)9(2)11(17(20)22-15)4-5-16(18)19/h6-7H,4-5H2,1-3H3,(H,18,19)/p-1. The molecule has 2 heterocycles.